The van der Waals surface area contributed by atoms with Crippen LogP contribution in [0.5, 0.6) is 0 Å². The smallest absolute Gasteiger partial charge is 0.0577 e. The van der Waals surface area contributed by atoms with Crippen molar-refractivity contribution in [3.63, 3.8) is 0 Å². The topological polar surface area (TPSA) is 20.2 Å². The van der Waals surface area contributed by atoms with Crippen LogP contribution in [0.15, 0.2) is 24.3 Å². The fraction of sp³-hybridized carbons (Fsp3) is 0.500. The van der Waals surface area contributed by atoms with Crippen molar-refractivity contribution in [2.45, 2.75) is 25.4 Å². The summed E-state index contributed by atoms with van der Waals surface area (Å²) in [5, 5.41) is 9.13. The van der Waals surface area contributed by atoms with E-state index in [9.17, 15) is 0 Å². The molecule has 0 aliphatic heterocycles. The Hall–Kier alpha value is -0.560. The molecule has 0 fully saturated rings. The van der Waals surface area contributed by atoms with E-state index in [0.29, 0.717) is 0 Å². The van der Waals surface area contributed by atoms with E-state index in [1.165, 1.54) is 0 Å². The van der Waals surface area contributed by atoms with Gasteiger partial charge in [-0.3, -0.25) is 0 Å². The molecule has 1 N–H and O–H groups in total. The first kappa shape index (κ1) is 6.56. The van der Waals surface area contributed by atoms with Gasteiger partial charge in [-0.1, -0.05) is 24.3 Å². The van der Waals surface area contributed by atoms with Crippen LogP contribution in [0.3, 0.4) is 0 Å². The van der Waals surface area contributed by atoms with Crippen molar-refractivity contribution in [2.24, 2.45) is 0 Å². The SMILES string of the molecule is OC1C/C=C\C=C/CC1. The lowest BCUT2D eigenvalue weighted by Gasteiger charge is -2.05. The summed E-state index contributed by atoms with van der Waals surface area (Å²) in [7, 11) is 0. The molecule has 1 rings (SSSR count). The molecule has 0 bridgehead atoms. The monoisotopic (exact) mass is 124 g/mol. The highest BCUT2D eigenvalue weighted by Crippen LogP contribution is 2.05. The first-order chi connectivity index (χ1) is 4.39. The van der Waals surface area contributed by atoms with Crippen LogP contribution in [-0.4, -0.2) is 11.2 Å². The summed E-state index contributed by atoms with van der Waals surface area (Å²) in [5.41, 5.74) is 0. The molecule has 1 atom stereocenters. The maximum absolute atomic E-state index is 9.13. The van der Waals surface area contributed by atoms with E-state index in [-0.39, 0.29) is 6.10 Å². The highest BCUT2D eigenvalue weighted by atomic mass is 16.3. The van der Waals surface area contributed by atoms with Crippen molar-refractivity contribution in [2.75, 3.05) is 0 Å². The maximum Gasteiger partial charge on any atom is 0.0577 e. The first-order valence-corrected chi connectivity index (χ1v) is 3.39. The maximum atomic E-state index is 9.13. The molecule has 0 saturated carbocycles. The molecular weight excluding hydrogens is 112 g/mol. The van der Waals surface area contributed by atoms with Crippen molar-refractivity contribution in [3.05, 3.63) is 24.3 Å². The van der Waals surface area contributed by atoms with E-state index >= 15 is 0 Å². The van der Waals surface area contributed by atoms with Gasteiger partial charge in [-0.15, -0.1) is 0 Å². The normalized spacial score (nSPS) is 34.6. The van der Waals surface area contributed by atoms with Crippen LogP contribution in [0.25, 0.3) is 0 Å². The molecule has 0 aromatic heterocycles. The van der Waals surface area contributed by atoms with E-state index in [4.69, 9.17) is 5.11 Å². The van der Waals surface area contributed by atoms with Gasteiger partial charge in [-0.05, 0) is 19.3 Å². The minimum Gasteiger partial charge on any atom is -0.393 e. The van der Waals surface area contributed by atoms with Crippen LogP contribution in [0.1, 0.15) is 19.3 Å². The van der Waals surface area contributed by atoms with E-state index in [1.54, 1.807) is 0 Å². The summed E-state index contributed by atoms with van der Waals surface area (Å²) in [4.78, 5) is 0. The molecule has 1 aliphatic carbocycles. The van der Waals surface area contributed by atoms with Crippen LogP contribution < -0.4 is 0 Å². The zero-order valence-electron chi connectivity index (χ0n) is 5.46. The van der Waals surface area contributed by atoms with Gasteiger partial charge in [0.1, 0.15) is 0 Å². The van der Waals surface area contributed by atoms with E-state index in [2.05, 4.69) is 6.08 Å². The van der Waals surface area contributed by atoms with Crippen molar-refractivity contribution >= 4 is 0 Å². The Balaban J connectivity index is 2.40. The average molecular weight is 124 g/mol. The van der Waals surface area contributed by atoms with Crippen LogP contribution in [-0.2, 0) is 0 Å². The average Bonchev–Trinajstić information content (AvgIpc) is 1.79. The molecule has 50 valence electrons. The van der Waals surface area contributed by atoms with E-state index < -0.39 is 0 Å². The minimum absolute atomic E-state index is 0.119. The molecule has 0 heterocycles. The van der Waals surface area contributed by atoms with Gasteiger partial charge in [-0.25, -0.2) is 0 Å². The summed E-state index contributed by atoms with van der Waals surface area (Å²) in [5.74, 6) is 0. The fourth-order valence-corrected chi connectivity index (χ4v) is 0.895. The fourth-order valence-electron chi connectivity index (χ4n) is 0.895. The summed E-state index contributed by atoms with van der Waals surface area (Å²) >= 11 is 0. The number of allylic oxidation sites excluding steroid dienone is 3. The van der Waals surface area contributed by atoms with Crippen LogP contribution in [0.2, 0.25) is 0 Å². The largest absolute Gasteiger partial charge is 0.393 e. The molecule has 9 heavy (non-hydrogen) atoms. The minimum atomic E-state index is -0.119. The van der Waals surface area contributed by atoms with Crippen molar-refractivity contribution in [3.8, 4) is 0 Å². The van der Waals surface area contributed by atoms with Gasteiger partial charge in [0.15, 0.2) is 0 Å². The number of aliphatic hydroxyl groups is 1. The summed E-state index contributed by atoms with van der Waals surface area (Å²) in [6, 6.07) is 0. The molecule has 1 heteroatoms. The second-order valence-corrected chi connectivity index (χ2v) is 2.32. The van der Waals surface area contributed by atoms with Gasteiger partial charge < -0.3 is 5.11 Å². The predicted octanol–water partition coefficient (Wildman–Crippen LogP) is 1.64. The Kier molecular flexibility index (Phi) is 2.52. The molecule has 0 radical (unpaired) electrons. The molecule has 1 unspecified atom stereocenters. The molecule has 0 aromatic rings. The third kappa shape index (κ3) is 2.47. The van der Waals surface area contributed by atoms with Gasteiger partial charge in [0.25, 0.3) is 0 Å². The van der Waals surface area contributed by atoms with Crippen molar-refractivity contribution in [1.29, 1.82) is 0 Å². The third-order valence-corrected chi connectivity index (χ3v) is 1.46. The van der Waals surface area contributed by atoms with Crippen molar-refractivity contribution < 1.29 is 5.11 Å². The van der Waals surface area contributed by atoms with Crippen LogP contribution in [0.4, 0.5) is 0 Å². The second-order valence-electron chi connectivity index (χ2n) is 2.32. The van der Waals surface area contributed by atoms with Crippen LogP contribution >= 0.6 is 0 Å². The third-order valence-electron chi connectivity index (χ3n) is 1.46. The number of rotatable bonds is 0. The lowest BCUT2D eigenvalue weighted by Crippen LogP contribution is -2.03. The van der Waals surface area contributed by atoms with E-state index in [0.717, 1.165) is 19.3 Å². The van der Waals surface area contributed by atoms with Gasteiger partial charge in [0.05, 0.1) is 6.10 Å². The lowest BCUT2D eigenvalue weighted by molar-refractivity contribution is 0.168. The standard InChI is InChI=1S/C8H12O/c9-8-6-4-2-1-3-5-7-8/h1-4,8-9H,5-7H2/b3-1-,4-2-. The Morgan fingerprint density at radius 3 is 2.89 bits per heavy atom. The molecular formula is C8H12O. The second kappa shape index (κ2) is 3.46. The molecule has 0 spiro atoms. The first-order valence-electron chi connectivity index (χ1n) is 3.39. The molecule has 0 saturated heterocycles. The molecule has 1 aliphatic rings. The highest BCUT2D eigenvalue weighted by Gasteiger charge is 1.99. The molecule has 1 nitrogen and oxygen atoms in total. The number of hydrogen-bond donors (Lipinski definition) is 1. The highest BCUT2D eigenvalue weighted by molar-refractivity contribution is 5.04. The molecule has 0 amide bonds. The quantitative estimate of drug-likeness (QED) is 0.520. The number of hydrogen-bond acceptors (Lipinski definition) is 1. The summed E-state index contributed by atoms with van der Waals surface area (Å²) in [6.07, 6.45) is 10.7. The van der Waals surface area contributed by atoms with Gasteiger partial charge in [0, 0.05) is 0 Å². The van der Waals surface area contributed by atoms with E-state index in [1.807, 2.05) is 18.2 Å². The van der Waals surface area contributed by atoms with Gasteiger partial charge >= 0.3 is 0 Å². The van der Waals surface area contributed by atoms with Gasteiger partial charge in [-0.2, -0.15) is 0 Å². The zero-order chi connectivity index (χ0) is 6.53. The summed E-state index contributed by atoms with van der Waals surface area (Å²) in [6.45, 7) is 0. The Morgan fingerprint density at radius 2 is 2.00 bits per heavy atom. The predicted molar refractivity (Wildman–Crippen MR) is 38.1 cm³/mol. The Morgan fingerprint density at radius 1 is 1.22 bits per heavy atom. The number of aliphatic hydroxyl groups excluding tert-OH is 1. The van der Waals surface area contributed by atoms with Gasteiger partial charge in [0.2, 0.25) is 0 Å². The molecule has 0 aromatic carbocycles. The van der Waals surface area contributed by atoms with Crippen molar-refractivity contribution in [1.82, 2.24) is 0 Å². The van der Waals surface area contributed by atoms with Crippen LogP contribution in [0, 0.1) is 0 Å². The Bertz CT molecular complexity index is 125. The lowest BCUT2D eigenvalue weighted by atomic mass is 10.1. The zero-order valence-corrected chi connectivity index (χ0v) is 5.46. The summed E-state index contributed by atoms with van der Waals surface area (Å²) < 4.78 is 0. The Labute approximate surface area is 55.7 Å².